The summed E-state index contributed by atoms with van der Waals surface area (Å²) < 4.78 is 1.85. The van der Waals surface area contributed by atoms with Gasteiger partial charge in [0, 0.05) is 24.2 Å². The summed E-state index contributed by atoms with van der Waals surface area (Å²) in [6.45, 7) is 4.13. The zero-order valence-corrected chi connectivity index (χ0v) is 12.8. The van der Waals surface area contributed by atoms with Gasteiger partial charge in [0.2, 0.25) is 5.91 Å². The number of carbonyl (C=O) groups is 1. The van der Waals surface area contributed by atoms with Crippen LogP contribution >= 0.6 is 0 Å². The van der Waals surface area contributed by atoms with E-state index in [-0.39, 0.29) is 11.4 Å². The van der Waals surface area contributed by atoms with Crippen molar-refractivity contribution in [2.24, 2.45) is 0 Å². The molecule has 0 aromatic carbocycles. The summed E-state index contributed by atoms with van der Waals surface area (Å²) in [4.78, 5) is 12.2. The third-order valence-electron chi connectivity index (χ3n) is 4.25. The van der Waals surface area contributed by atoms with Crippen LogP contribution < -0.4 is 10.6 Å². The van der Waals surface area contributed by atoms with Crippen LogP contribution in [0.15, 0.2) is 12.4 Å². The molecule has 2 rings (SSSR count). The van der Waals surface area contributed by atoms with Crippen molar-refractivity contribution in [1.29, 1.82) is 0 Å². The lowest BCUT2D eigenvalue weighted by Gasteiger charge is -2.36. The van der Waals surface area contributed by atoms with E-state index in [1.165, 1.54) is 19.3 Å². The maximum absolute atomic E-state index is 12.2. The van der Waals surface area contributed by atoms with E-state index in [4.69, 9.17) is 0 Å². The van der Waals surface area contributed by atoms with E-state index in [9.17, 15) is 4.79 Å². The summed E-state index contributed by atoms with van der Waals surface area (Å²) in [5, 5.41) is 10.6. The van der Waals surface area contributed by atoms with Crippen LogP contribution in [0, 0.1) is 0 Å². The van der Waals surface area contributed by atoms with Gasteiger partial charge in [-0.1, -0.05) is 19.3 Å². The van der Waals surface area contributed by atoms with Crippen LogP contribution in [0.25, 0.3) is 0 Å². The van der Waals surface area contributed by atoms with E-state index in [1.807, 2.05) is 17.9 Å². The minimum atomic E-state index is -0.0175. The fourth-order valence-electron chi connectivity index (χ4n) is 2.94. The maximum Gasteiger partial charge on any atom is 0.226 e. The molecule has 0 aliphatic heterocycles. The van der Waals surface area contributed by atoms with Crippen LogP contribution in [0.4, 0.5) is 5.69 Å². The Morgan fingerprint density at radius 1 is 1.40 bits per heavy atom. The first kappa shape index (κ1) is 15.0. The molecule has 2 N–H and O–H groups in total. The third kappa shape index (κ3) is 3.60. The van der Waals surface area contributed by atoms with Crippen molar-refractivity contribution < 1.29 is 4.79 Å². The Balaban J connectivity index is 1.93. The number of rotatable bonds is 5. The van der Waals surface area contributed by atoms with E-state index < -0.39 is 0 Å². The number of aromatic nitrogens is 2. The van der Waals surface area contributed by atoms with Crippen molar-refractivity contribution in [1.82, 2.24) is 15.1 Å². The predicted molar refractivity (Wildman–Crippen MR) is 80.7 cm³/mol. The van der Waals surface area contributed by atoms with Gasteiger partial charge in [-0.25, -0.2) is 0 Å². The standard InChI is InChI=1S/C15H26N4O/c1-12(2)19-11-13(10-17-19)18-14(20)9-15(16-3)7-5-4-6-8-15/h10-12,16H,4-9H2,1-3H3,(H,18,20). The number of carbonyl (C=O) groups excluding carboxylic acids is 1. The van der Waals surface area contributed by atoms with Crippen LogP contribution in [-0.2, 0) is 4.79 Å². The average molecular weight is 278 g/mol. The maximum atomic E-state index is 12.2. The number of amides is 1. The zero-order chi connectivity index (χ0) is 14.6. The number of nitrogens with zero attached hydrogens (tertiary/aromatic N) is 2. The highest BCUT2D eigenvalue weighted by molar-refractivity contribution is 5.91. The lowest BCUT2D eigenvalue weighted by atomic mass is 9.79. The number of hydrogen-bond donors (Lipinski definition) is 2. The number of hydrogen-bond acceptors (Lipinski definition) is 3. The molecule has 0 unspecified atom stereocenters. The fourth-order valence-corrected chi connectivity index (χ4v) is 2.94. The second-order valence-corrected chi connectivity index (χ2v) is 6.12. The largest absolute Gasteiger partial charge is 0.323 e. The van der Waals surface area contributed by atoms with Gasteiger partial charge in [-0.3, -0.25) is 9.48 Å². The molecular weight excluding hydrogens is 252 g/mol. The molecule has 1 amide bonds. The summed E-state index contributed by atoms with van der Waals surface area (Å²) in [7, 11) is 1.97. The van der Waals surface area contributed by atoms with E-state index in [1.54, 1.807) is 6.20 Å². The van der Waals surface area contributed by atoms with Gasteiger partial charge in [0.1, 0.15) is 0 Å². The lowest BCUT2D eigenvalue weighted by molar-refractivity contribution is -0.117. The molecular formula is C15H26N4O. The lowest BCUT2D eigenvalue weighted by Crippen LogP contribution is -2.47. The molecule has 0 atom stereocenters. The summed E-state index contributed by atoms with van der Waals surface area (Å²) in [5.74, 6) is 0.0737. The van der Waals surface area contributed by atoms with Gasteiger partial charge < -0.3 is 10.6 Å². The van der Waals surface area contributed by atoms with Crippen molar-refractivity contribution in [2.75, 3.05) is 12.4 Å². The average Bonchev–Trinajstić information content (AvgIpc) is 2.88. The molecule has 1 saturated carbocycles. The topological polar surface area (TPSA) is 59.0 Å². The van der Waals surface area contributed by atoms with Gasteiger partial charge in [0.25, 0.3) is 0 Å². The van der Waals surface area contributed by atoms with Crippen LogP contribution in [0.5, 0.6) is 0 Å². The molecule has 20 heavy (non-hydrogen) atoms. The minimum absolute atomic E-state index is 0.0175. The second kappa shape index (κ2) is 6.39. The summed E-state index contributed by atoms with van der Waals surface area (Å²) in [6.07, 6.45) is 10.0. The molecule has 1 aromatic rings. The Bertz CT molecular complexity index is 446. The van der Waals surface area contributed by atoms with Crippen molar-refractivity contribution in [3.8, 4) is 0 Å². The highest BCUT2D eigenvalue weighted by Crippen LogP contribution is 2.31. The molecule has 1 aliphatic rings. The molecule has 0 radical (unpaired) electrons. The van der Waals surface area contributed by atoms with Crippen molar-refractivity contribution in [3.05, 3.63) is 12.4 Å². The minimum Gasteiger partial charge on any atom is -0.323 e. The van der Waals surface area contributed by atoms with Gasteiger partial charge in [0.05, 0.1) is 11.9 Å². The van der Waals surface area contributed by atoms with Crippen molar-refractivity contribution in [3.63, 3.8) is 0 Å². The molecule has 5 heteroatoms. The number of anilines is 1. The Kier molecular flexibility index (Phi) is 4.81. The molecule has 1 heterocycles. The Morgan fingerprint density at radius 2 is 2.10 bits per heavy atom. The molecule has 0 bridgehead atoms. The van der Waals surface area contributed by atoms with Crippen LogP contribution in [-0.4, -0.2) is 28.3 Å². The first-order chi connectivity index (χ1) is 9.54. The quantitative estimate of drug-likeness (QED) is 0.870. The van der Waals surface area contributed by atoms with Gasteiger partial charge >= 0.3 is 0 Å². The summed E-state index contributed by atoms with van der Waals surface area (Å²) >= 11 is 0. The van der Waals surface area contributed by atoms with Gasteiger partial charge in [-0.2, -0.15) is 5.10 Å². The molecule has 0 spiro atoms. The van der Waals surface area contributed by atoms with E-state index in [0.717, 1.165) is 18.5 Å². The third-order valence-corrected chi connectivity index (χ3v) is 4.25. The second-order valence-electron chi connectivity index (χ2n) is 6.12. The molecule has 0 saturated heterocycles. The van der Waals surface area contributed by atoms with Gasteiger partial charge in [-0.15, -0.1) is 0 Å². The zero-order valence-electron chi connectivity index (χ0n) is 12.8. The highest BCUT2D eigenvalue weighted by Gasteiger charge is 2.32. The van der Waals surface area contributed by atoms with Crippen molar-refractivity contribution in [2.45, 2.75) is 64.0 Å². The molecule has 5 nitrogen and oxygen atoms in total. The van der Waals surface area contributed by atoms with Crippen LogP contribution in [0.2, 0.25) is 0 Å². The molecule has 1 aliphatic carbocycles. The normalized spacial score (nSPS) is 18.2. The van der Waals surface area contributed by atoms with Gasteiger partial charge in [0.15, 0.2) is 0 Å². The molecule has 1 fully saturated rings. The highest BCUT2D eigenvalue weighted by atomic mass is 16.1. The Hall–Kier alpha value is -1.36. The van der Waals surface area contributed by atoms with E-state index >= 15 is 0 Å². The van der Waals surface area contributed by atoms with E-state index in [0.29, 0.717) is 12.5 Å². The summed E-state index contributed by atoms with van der Waals surface area (Å²) in [6, 6.07) is 0.308. The first-order valence-corrected chi connectivity index (χ1v) is 7.57. The van der Waals surface area contributed by atoms with Crippen LogP contribution in [0.3, 0.4) is 0 Å². The number of nitrogens with one attached hydrogen (secondary N) is 2. The fraction of sp³-hybridized carbons (Fsp3) is 0.733. The SMILES string of the molecule is CNC1(CC(=O)Nc2cnn(C(C)C)c2)CCCCC1. The molecule has 112 valence electrons. The first-order valence-electron chi connectivity index (χ1n) is 7.57. The smallest absolute Gasteiger partial charge is 0.226 e. The molecule has 1 aromatic heterocycles. The Morgan fingerprint density at radius 3 is 2.65 bits per heavy atom. The summed E-state index contributed by atoms with van der Waals surface area (Å²) in [5.41, 5.74) is 0.766. The van der Waals surface area contributed by atoms with Crippen molar-refractivity contribution >= 4 is 11.6 Å². The Labute approximate surface area is 121 Å². The van der Waals surface area contributed by atoms with Gasteiger partial charge in [-0.05, 0) is 33.7 Å². The van der Waals surface area contributed by atoms with E-state index in [2.05, 4.69) is 29.6 Å². The monoisotopic (exact) mass is 278 g/mol. The van der Waals surface area contributed by atoms with Crippen LogP contribution in [0.1, 0.15) is 58.4 Å². The predicted octanol–water partition coefficient (Wildman–Crippen LogP) is 2.71.